The van der Waals surface area contributed by atoms with Crippen molar-refractivity contribution < 1.29 is 5.11 Å². The Bertz CT molecular complexity index is 917. The monoisotopic (exact) mass is 381 g/mol. The van der Waals surface area contributed by atoms with Crippen molar-refractivity contribution in [3.05, 3.63) is 108 Å². The lowest BCUT2D eigenvalue weighted by atomic mass is 9.84. The summed E-state index contributed by atoms with van der Waals surface area (Å²) in [5.74, 6) is 7.17. The van der Waals surface area contributed by atoms with Crippen LogP contribution in [0.1, 0.15) is 35.4 Å². The highest BCUT2D eigenvalue weighted by Crippen LogP contribution is 2.32. The van der Waals surface area contributed by atoms with Gasteiger partial charge in [-0.2, -0.15) is 0 Å². The molecule has 0 bridgehead atoms. The van der Waals surface area contributed by atoms with Crippen molar-refractivity contribution in [1.82, 2.24) is 4.90 Å². The molecule has 1 atom stereocenters. The van der Waals surface area contributed by atoms with E-state index in [0.717, 1.165) is 30.8 Å². The largest absolute Gasteiger partial charge is 0.379 e. The van der Waals surface area contributed by atoms with Gasteiger partial charge in [0.25, 0.3) is 0 Å². The third-order valence-corrected chi connectivity index (χ3v) is 5.82. The van der Waals surface area contributed by atoms with Gasteiger partial charge in [0.05, 0.1) is 6.54 Å². The average molecular weight is 382 g/mol. The molecule has 1 heterocycles. The van der Waals surface area contributed by atoms with Gasteiger partial charge in [0, 0.05) is 13.0 Å². The molecule has 146 valence electrons. The first-order chi connectivity index (χ1) is 14.3. The van der Waals surface area contributed by atoms with Crippen molar-refractivity contribution >= 4 is 0 Å². The van der Waals surface area contributed by atoms with Gasteiger partial charge in [-0.15, -0.1) is 0 Å². The van der Waals surface area contributed by atoms with Crippen molar-refractivity contribution in [3.63, 3.8) is 0 Å². The zero-order valence-electron chi connectivity index (χ0n) is 16.7. The van der Waals surface area contributed by atoms with Crippen molar-refractivity contribution in [1.29, 1.82) is 0 Å². The molecule has 3 aromatic rings. The van der Waals surface area contributed by atoms with Gasteiger partial charge in [-0.3, -0.25) is 4.90 Å². The number of aliphatic hydroxyl groups is 1. The van der Waals surface area contributed by atoms with Crippen molar-refractivity contribution in [2.45, 2.75) is 24.4 Å². The van der Waals surface area contributed by atoms with Crippen LogP contribution in [0.25, 0.3) is 0 Å². The normalized spacial score (nSPS) is 16.9. The Morgan fingerprint density at radius 3 is 1.93 bits per heavy atom. The van der Waals surface area contributed by atoms with Gasteiger partial charge in [-0.1, -0.05) is 103 Å². The summed E-state index contributed by atoms with van der Waals surface area (Å²) in [4.78, 5) is 2.41. The van der Waals surface area contributed by atoms with Crippen LogP contribution in [0.4, 0.5) is 0 Å². The summed E-state index contributed by atoms with van der Waals surface area (Å²) in [6, 6.07) is 30.4. The fourth-order valence-corrected chi connectivity index (χ4v) is 4.13. The van der Waals surface area contributed by atoms with Crippen LogP contribution in [-0.2, 0) is 5.60 Å². The SMILES string of the molecule is OC(CC#CCN1CCC(c2ccccc2)C1)(c1ccccc1)c1ccccc1. The Kier molecular flexibility index (Phi) is 6.10. The molecule has 29 heavy (non-hydrogen) atoms. The molecule has 4 rings (SSSR count). The highest BCUT2D eigenvalue weighted by molar-refractivity contribution is 5.37. The second-order valence-corrected chi connectivity index (χ2v) is 7.75. The first kappa shape index (κ1) is 19.5. The van der Waals surface area contributed by atoms with Gasteiger partial charge in [0.15, 0.2) is 0 Å². The van der Waals surface area contributed by atoms with Crippen LogP contribution in [0.3, 0.4) is 0 Å². The topological polar surface area (TPSA) is 23.5 Å². The second kappa shape index (κ2) is 9.09. The van der Waals surface area contributed by atoms with Gasteiger partial charge >= 0.3 is 0 Å². The van der Waals surface area contributed by atoms with E-state index in [1.165, 1.54) is 12.0 Å². The molecule has 0 aliphatic carbocycles. The summed E-state index contributed by atoms with van der Waals surface area (Å²) in [5.41, 5.74) is 2.09. The average Bonchev–Trinajstić information content (AvgIpc) is 3.27. The Morgan fingerprint density at radius 1 is 0.793 bits per heavy atom. The summed E-state index contributed by atoms with van der Waals surface area (Å²) in [6.45, 7) is 2.89. The molecule has 0 spiro atoms. The first-order valence-corrected chi connectivity index (χ1v) is 10.3. The molecule has 0 amide bonds. The molecule has 1 aliphatic rings. The van der Waals surface area contributed by atoms with Gasteiger partial charge in [-0.05, 0) is 35.6 Å². The van der Waals surface area contributed by atoms with E-state index in [4.69, 9.17) is 0 Å². The smallest absolute Gasteiger partial charge is 0.125 e. The molecular formula is C27H27NO. The fraction of sp³-hybridized carbons (Fsp3) is 0.259. The third-order valence-electron chi connectivity index (χ3n) is 5.82. The van der Waals surface area contributed by atoms with E-state index in [9.17, 15) is 5.11 Å². The summed E-state index contributed by atoms with van der Waals surface area (Å²) < 4.78 is 0. The van der Waals surface area contributed by atoms with E-state index >= 15 is 0 Å². The third kappa shape index (κ3) is 4.59. The molecule has 2 heteroatoms. The number of rotatable bonds is 5. The molecular weight excluding hydrogens is 354 g/mol. The lowest BCUT2D eigenvalue weighted by Crippen LogP contribution is -2.27. The highest BCUT2D eigenvalue weighted by atomic mass is 16.3. The number of likely N-dealkylation sites (tertiary alicyclic amines) is 1. The minimum atomic E-state index is -1.09. The molecule has 0 saturated carbocycles. The number of hydrogen-bond acceptors (Lipinski definition) is 2. The zero-order chi connectivity index (χ0) is 19.9. The number of benzene rings is 3. The van der Waals surface area contributed by atoms with E-state index in [1.54, 1.807) is 0 Å². The zero-order valence-corrected chi connectivity index (χ0v) is 16.7. The van der Waals surface area contributed by atoms with Crippen LogP contribution in [0.15, 0.2) is 91.0 Å². The van der Waals surface area contributed by atoms with E-state index in [-0.39, 0.29) is 0 Å². The van der Waals surface area contributed by atoms with Crippen LogP contribution < -0.4 is 0 Å². The quantitative estimate of drug-likeness (QED) is 0.642. The minimum Gasteiger partial charge on any atom is -0.379 e. The predicted molar refractivity (Wildman–Crippen MR) is 119 cm³/mol. The van der Waals surface area contributed by atoms with Crippen LogP contribution >= 0.6 is 0 Å². The van der Waals surface area contributed by atoms with Gasteiger partial charge < -0.3 is 5.11 Å². The fourth-order valence-electron chi connectivity index (χ4n) is 4.13. The van der Waals surface area contributed by atoms with Gasteiger partial charge in [0.1, 0.15) is 5.60 Å². The molecule has 3 aromatic carbocycles. The molecule has 1 unspecified atom stereocenters. The summed E-state index contributed by atoms with van der Waals surface area (Å²) in [5, 5.41) is 11.5. The molecule has 1 saturated heterocycles. The Hall–Kier alpha value is -2.86. The maximum atomic E-state index is 11.5. The van der Waals surface area contributed by atoms with E-state index in [1.807, 2.05) is 60.7 Å². The van der Waals surface area contributed by atoms with Crippen molar-refractivity contribution in [2.24, 2.45) is 0 Å². The minimum absolute atomic E-state index is 0.386. The molecule has 0 aromatic heterocycles. The molecule has 1 N–H and O–H groups in total. The maximum absolute atomic E-state index is 11.5. The Balaban J connectivity index is 1.43. The Morgan fingerprint density at radius 2 is 1.34 bits per heavy atom. The van der Waals surface area contributed by atoms with Gasteiger partial charge in [-0.25, -0.2) is 0 Å². The van der Waals surface area contributed by atoms with Crippen LogP contribution in [0, 0.1) is 11.8 Å². The lowest BCUT2D eigenvalue weighted by Gasteiger charge is -2.27. The Labute approximate surface area is 173 Å². The van der Waals surface area contributed by atoms with E-state index in [0.29, 0.717) is 12.3 Å². The molecule has 2 nitrogen and oxygen atoms in total. The summed E-state index contributed by atoms with van der Waals surface area (Å²) in [6.07, 6.45) is 1.57. The second-order valence-electron chi connectivity index (χ2n) is 7.75. The van der Waals surface area contributed by atoms with Crippen LogP contribution in [-0.4, -0.2) is 29.6 Å². The number of hydrogen-bond donors (Lipinski definition) is 1. The standard InChI is InChI=1S/C27H27NO/c29-27(25-14-6-2-7-15-25,26-16-8-3-9-17-26)19-10-11-20-28-21-18-24(22-28)23-12-4-1-5-13-23/h1-9,12-17,24,29H,18-22H2. The van der Waals surface area contributed by atoms with Crippen molar-refractivity contribution in [2.75, 3.05) is 19.6 Å². The lowest BCUT2D eigenvalue weighted by molar-refractivity contribution is 0.0865. The van der Waals surface area contributed by atoms with E-state index < -0.39 is 5.60 Å². The summed E-state index contributed by atoms with van der Waals surface area (Å²) in [7, 11) is 0. The predicted octanol–water partition coefficient (Wildman–Crippen LogP) is 4.81. The van der Waals surface area contributed by atoms with E-state index in [2.05, 4.69) is 47.1 Å². The molecule has 1 fully saturated rings. The van der Waals surface area contributed by atoms with Crippen LogP contribution in [0.5, 0.6) is 0 Å². The highest BCUT2D eigenvalue weighted by Gasteiger charge is 2.30. The summed E-state index contributed by atoms with van der Waals surface area (Å²) >= 11 is 0. The van der Waals surface area contributed by atoms with Gasteiger partial charge in [0.2, 0.25) is 0 Å². The first-order valence-electron chi connectivity index (χ1n) is 10.3. The number of nitrogens with zero attached hydrogens (tertiary/aromatic N) is 1. The molecule has 1 aliphatic heterocycles. The maximum Gasteiger partial charge on any atom is 0.125 e. The molecule has 0 radical (unpaired) electrons. The van der Waals surface area contributed by atoms with Crippen LogP contribution in [0.2, 0.25) is 0 Å². The van der Waals surface area contributed by atoms with Crippen molar-refractivity contribution in [3.8, 4) is 11.8 Å².